The summed E-state index contributed by atoms with van der Waals surface area (Å²) in [7, 11) is 0. The predicted octanol–water partition coefficient (Wildman–Crippen LogP) is 4.46. The lowest BCUT2D eigenvalue weighted by atomic mass is 9.88. The summed E-state index contributed by atoms with van der Waals surface area (Å²) < 4.78 is 0. The lowest BCUT2D eigenvalue weighted by molar-refractivity contribution is 0.675. The van der Waals surface area contributed by atoms with Gasteiger partial charge in [-0.1, -0.05) is 41.9 Å². The number of aryl methyl sites for hydroxylation is 2. The minimum atomic E-state index is 0.0587. The molecule has 20 heavy (non-hydrogen) atoms. The first-order chi connectivity index (χ1) is 9.72. The summed E-state index contributed by atoms with van der Waals surface area (Å²) in [6.45, 7) is 0. The molecule has 2 N–H and O–H groups in total. The zero-order valence-electron chi connectivity index (χ0n) is 11.6. The van der Waals surface area contributed by atoms with E-state index in [-0.39, 0.29) is 6.04 Å². The fourth-order valence-electron chi connectivity index (χ4n) is 2.98. The molecule has 0 amide bonds. The van der Waals surface area contributed by atoms with E-state index in [9.17, 15) is 0 Å². The van der Waals surface area contributed by atoms with Gasteiger partial charge in [-0.25, -0.2) is 0 Å². The third-order valence-electron chi connectivity index (χ3n) is 4.17. The number of halogens is 1. The molecular weight excluding hydrogens is 266 g/mol. The number of benzene rings is 2. The number of hydrogen-bond acceptors (Lipinski definition) is 1. The standard InChI is InChI=1S/C18H20ClN/c19-17-9-5-13(6-10-17)11-18(20)16-8-7-14-3-1-2-4-15(14)12-16/h5-10,12,18H,1-4,11,20H2. The maximum absolute atomic E-state index is 6.37. The van der Waals surface area contributed by atoms with Gasteiger partial charge in [0.1, 0.15) is 0 Å². The second-order valence-corrected chi connectivity index (χ2v) is 6.11. The molecule has 0 spiro atoms. The molecule has 2 aromatic rings. The van der Waals surface area contributed by atoms with Crippen LogP contribution in [0.25, 0.3) is 0 Å². The fraction of sp³-hybridized carbons (Fsp3) is 0.333. The smallest absolute Gasteiger partial charge is 0.0406 e. The predicted molar refractivity (Wildman–Crippen MR) is 85.2 cm³/mol. The van der Waals surface area contributed by atoms with Crippen LogP contribution in [-0.2, 0) is 19.3 Å². The van der Waals surface area contributed by atoms with Gasteiger partial charge in [0.05, 0.1) is 0 Å². The van der Waals surface area contributed by atoms with Gasteiger partial charge >= 0.3 is 0 Å². The van der Waals surface area contributed by atoms with Crippen molar-refractivity contribution in [2.24, 2.45) is 5.73 Å². The number of nitrogens with two attached hydrogens (primary N) is 1. The van der Waals surface area contributed by atoms with Gasteiger partial charge in [0, 0.05) is 11.1 Å². The van der Waals surface area contributed by atoms with Gasteiger partial charge in [0.25, 0.3) is 0 Å². The molecule has 0 radical (unpaired) electrons. The van der Waals surface area contributed by atoms with Crippen LogP contribution in [0.1, 0.15) is 41.1 Å². The van der Waals surface area contributed by atoms with Crippen molar-refractivity contribution in [2.45, 2.75) is 38.1 Å². The molecule has 1 nitrogen and oxygen atoms in total. The van der Waals surface area contributed by atoms with Crippen LogP contribution in [0.15, 0.2) is 42.5 Å². The van der Waals surface area contributed by atoms with E-state index >= 15 is 0 Å². The molecule has 0 aliphatic heterocycles. The Morgan fingerprint density at radius 1 is 0.950 bits per heavy atom. The van der Waals surface area contributed by atoms with Crippen molar-refractivity contribution >= 4 is 11.6 Å². The van der Waals surface area contributed by atoms with Crippen molar-refractivity contribution in [2.75, 3.05) is 0 Å². The Morgan fingerprint density at radius 2 is 1.65 bits per heavy atom. The molecule has 0 aromatic heterocycles. The van der Waals surface area contributed by atoms with Gasteiger partial charge in [-0.05, 0) is 66.5 Å². The van der Waals surface area contributed by atoms with Crippen LogP contribution >= 0.6 is 11.6 Å². The van der Waals surface area contributed by atoms with E-state index in [0.29, 0.717) is 0 Å². The normalized spacial score (nSPS) is 15.7. The van der Waals surface area contributed by atoms with E-state index < -0.39 is 0 Å². The van der Waals surface area contributed by atoms with Gasteiger partial charge < -0.3 is 5.73 Å². The van der Waals surface area contributed by atoms with Crippen molar-refractivity contribution < 1.29 is 0 Å². The monoisotopic (exact) mass is 285 g/mol. The lowest BCUT2D eigenvalue weighted by Gasteiger charge is -2.19. The summed E-state index contributed by atoms with van der Waals surface area (Å²) >= 11 is 5.91. The molecule has 0 bridgehead atoms. The molecule has 0 saturated carbocycles. The first-order valence-corrected chi connectivity index (χ1v) is 7.72. The molecule has 2 aromatic carbocycles. The molecule has 0 saturated heterocycles. The molecule has 0 fully saturated rings. The topological polar surface area (TPSA) is 26.0 Å². The Kier molecular flexibility index (Phi) is 4.09. The highest BCUT2D eigenvalue weighted by atomic mass is 35.5. The van der Waals surface area contributed by atoms with Crippen LogP contribution < -0.4 is 5.73 Å². The van der Waals surface area contributed by atoms with Crippen molar-refractivity contribution in [3.05, 3.63) is 69.7 Å². The number of rotatable bonds is 3. The SMILES string of the molecule is NC(Cc1ccc(Cl)cc1)c1ccc2c(c1)CCCC2. The van der Waals surface area contributed by atoms with Crippen molar-refractivity contribution in [1.82, 2.24) is 0 Å². The summed E-state index contributed by atoms with van der Waals surface area (Å²) in [4.78, 5) is 0. The Bertz CT molecular complexity index is 589. The minimum Gasteiger partial charge on any atom is -0.324 e. The van der Waals surface area contributed by atoms with Gasteiger partial charge in [-0.3, -0.25) is 0 Å². The Hall–Kier alpha value is -1.31. The average Bonchev–Trinajstić information content (AvgIpc) is 2.49. The van der Waals surface area contributed by atoms with E-state index in [1.54, 1.807) is 0 Å². The first-order valence-electron chi connectivity index (χ1n) is 7.34. The van der Waals surface area contributed by atoms with Crippen molar-refractivity contribution in [3.63, 3.8) is 0 Å². The zero-order chi connectivity index (χ0) is 13.9. The highest BCUT2D eigenvalue weighted by molar-refractivity contribution is 6.30. The Balaban J connectivity index is 1.76. The molecule has 3 rings (SSSR count). The third-order valence-corrected chi connectivity index (χ3v) is 4.42. The fourth-order valence-corrected chi connectivity index (χ4v) is 3.10. The van der Waals surface area contributed by atoms with Crippen LogP contribution in [0.3, 0.4) is 0 Å². The molecule has 1 atom stereocenters. The van der Waals surface area contributed by atoms with Crippen LogP contribution in [-0.4, -0.2) is 0 Å². The van der Waals surface area contributed by atoms with Gasteiger partial charge in [0.2, 0.25) is 0 Å². The molecule has 2 heteroatoms. The molecule has 1 aliphatic carbocycles. The lowest BCUT2D eigenvalue weighted by Crippen LogP contribution is -2.14. The summed E-state index contributed by atoms with van der Waals surface area (Å²) in [5, 5.41) is 0.774. The summed E-state index contributed by atoms with van der Waals surface area (Å²) in [5.74, 6) is 0. The largest absolute Gasteiger partial charge is 0.324 e. The molecule has 1 aliphatic rings. The minimum absolute atomic E-state index is 0.0587. The van der Waals surface area contributed by atoms with Crippen molar-refractivity contribution in [3.8, 4) is 0 Å². The molecular formula is C18H20ClN. The highest BCUT2D eigenvalue weighted by Crippen LogP contribution is 2.25. The van der Waals surface area contributed by atoms with Gasteiger partial charge in [-0.2, -0.15) is 0 Å². The number of hydrogen-bond donors (Lipinski definition) is 1. The maximum atomic E-state index is 6.37. The molecule has 1 unspecified atom stereocenters. The van der Waals surface area contributed by atoms with E-state index in [1.807, 2.05) is 12.1 Å². The maximum Gasteiger partial charge on any atom is 0.0406 e. The Labute approximate surface area is 125 Å². The third kappa shape index (κ3) is 3.05. The quantitative estimate of drug-likeness (QED) is 0.885. The van der Waals surface area contributed by atoms with E-state index in [1.165, 1.54) is 47.9 Å². The molecule has 104 valence electrons. The van der Waals surface area contributed by atoms with Crippen LogP contribution in [0, 0.1) is 0 Å². The van der Waals surface area contributed by atoms with Gasteiger partial charge in [-0.15, -0.1) is 0 Å². The summed E-state index contributed by atoms with van der Waals surface area (Å²) in [5.41, 5.74) is 11.9. The van der Waals surface area contributed by atoms with Crippen LogP contribution in [0.2, 0.25) is 5.02 Å². The Morgan fingerprint density at radius 3 is 2.40 bits per heavy atom. The average molecular weight is 286 g/mol. The molecule has 0 heterocycles. The summed E-state index contributed by atoms with van der Waals surface area (Å²) in [6.07, 6.45) is 5.92. The first kappa shape index (κ1) is 13.7. The van der Waals surface area contributed by atoms with E-state index in [4.69, 9.17) is 17.3 Å². The van der Waals surface area contributed by atoms with Gasteiger partial charge in [0.15, 0.2) is 0 Å². The highest BCUT2D eigenvalue weighted by Gasteiger charge is 2.13. The summed E-state index contributed by atoms with van der Waals surface area (Å²) in [6, 6.07) is 14.8. The number of fused-ring (bicyclic) bond motifs is 1. The van der Waals surface area contributed by atoms with E-state index in [2.05, 4.69) is 30.3 Å². The second-order valence-electron chi connectivity index (χ2n) is 5.67. The zero-order valence-corrected chi connectivity index (χ0v) is 12.4. The second kappa shape index (κ2) is 5.99. The van der Waals surface area contributed by atoms with Crippen LogP contribution in [0.5, 0.6) is 0 Å². The van der Waals surface area contributed by atoms with E-state index in [0.717, 1.165) is 11.4 Å². The van der Waals surface area contributed by atoms with Crippen molar-refractivity contribution in [1.29, 1.82) is 0 Å². The van der Waals surface area contributed by atoms with Crippen LogP contribution in [0.4, 0.5) is 0 Å².